The predicted octanol–water partition coefficient (Wildman–Crippen LogP) is 1.77. The minimum Gasteiger partial charge on any atom is -0.340 e. The van der Waals surface area contributed by atoms with Crippen molar-refractivity contribution in [3.8, 4) is 0 Å². The molecule has 132 valence electrons. The van der Waals surface area contributed by atoms with Gasteiger partial charge < -0.3 is 15.1 Å². The van der Waals surface area contributed by atoms with Crippen LogP contribution in [0, 0.1) is 11.8 Å². The second kappa shape index (κ2) is 8.13. The molecule has 2 atom stereocenters. The molecule has 24 heavy (non-hydrogen) atoms. The average Bonchev–Trinajstić information content (AvgIpc) is 2.97. The molecule has 0 bridgehead atoms. The van der Waals surface area contributed by atoms with Gasteiger partial charge in [0.05, 0.1) is 6.04 Å². The molecule has 1 aliphatic heterocycles. The summed E-state index contributed by atoms with van der Waals surface area (Å²) in [5, 5.41) is 3.05. The quantitative estimate of drug-likeness (QED) is 0.894. The third kappa shape index (κ3) is 4.69. The number of likely N-dealkylation sites (tertiary alicyclic amines) is 1. The maximum atomic E-state index is 12.5. The van der Waals surface area contributed by atoms with Crippen molar-refractivity contribution in [3.63, 3.8) is 0 Å². The molecule has 1 fully saturated rings. The molecular weight excluding hydrogens is 304 g/mol. The minimum absolute atomic E-state index is 0.0160. The first-order chi connectivity index (χ1) is 11.4. The number of rotatable bonds is 5. The molecule has 2 rings (SSSR count). The van der Waals surface area contributed by atoms with Crippen molar-refractivity contribution in [1.82, 2.24) is 20.1 Å². The molecule has 0 unspecified atom stereocenters. The van der Waals surface area contributed by atoms with Crippen LogP contribution in [0.15, 0.2) is 24.5 Å². The van der Waals surface area contributed by atoms with E-state index in [0.29, 0.717) is 31.8 Å². The maximum Gasteiger partial charge on any atom is 0.317 e. The van der Waals surface area contributed by atoms with Crippen molar-refractivity contribution in [3.05, 3.63) is 30.1 Å². The van der Waals surface area contributed by atoms with Crippen LogP contribution in [-0.4, -0.2) is 59.9 Å². The summed E-state index contributed by atoms with van der Waals surface area (Å²) < 4.78 is 0. The standard InChI is InChI=1S/C18H28N4O2/c1-13(2)15-11-22(12-16(15)20-18(24)21(3)4)17(23)8-7-14-6-5-9-19-10-14/h5-6,9-10,13,15-16H,7-8,11-12H2,1-4H3,(H,20,24)/t15-,16+/m0/s1. The van der Waals surface area contributed by atoms with Gasteiger partial charge in [0.2, 0.25) is 5.91 Å². The van der Waals surface area contributed by atoms with E-state index >= 15 is 0 Å². The summed E-state index contributed by atoms with van der Waals surface area (Å²) >= 11 is 0. The van der Waals surface area contributed by atoms with Gasteiger partial charge >= 0.3 is 6.03 Å². The van der Waals surface area contributed by atoms with Crippen LogP contribution in [0.25, 0.3) is 0 Å². The van der Waals surface area contributed by atoms with Crippen LogP contribution in [0.4, 0.5) is 4.79 Å². The third-order valence-electron chi connectivity index (χ3n) is 4.64. The molecule has 0 aromatic carbocycles. The summed E-state index contributed by atoms with van der Waals surface area (Å²) in [6.07, 6.45) is 4.71. The van der Waals surface area contributed by atoms with Crippen LogP contribution >= 0.6 is 0 Å². The van der Waals surface area contributed by atoms with Crippen LogP contribution < -0.4 is 5.32 Å². The van der Waals surface area contributed by atoms with Gasteiger partial charge in [0.15, 0.2) is 0 Å². The van der Waals surface area contributed by atoms with Gasteiger partial charge in [-0.2, -0.15) is 0 Å². The Balaban J connectivity index is 1.93. The lowest BCUT2D eigenvalue weighted by molar-refractivity contribution is -0.130. The van der Waals surface area contributed by atoms with Crippen molar-refractivity contribution in [2.45, 2.75) is 32.7 Å². The van der Waals surface area contributed by atoms with E-state index in [0.717, 1.165) is 5.56 Å². The van der Waals surface area contributed by atoms with Crippen LogP contribution in [0.1, 0.15) is 25.8 Å². The molecule has 3 amide bonds. The molecule has 0 radical (unpaired) electrons. The highest BCUT2D eigenvalue weighted by molar-refractivity contribution is 5.77. The molecular formula is C18H28N4O2. The fraction of sp³-hybridized carbons (Fsp3) is 0.611. The van der Waals surface area contributed by atoms with Gasteiger partial charge in [0.25, 0.3) is 0 Å². The average molecular weight is 332 g/mol. The zero-order valence-corrected chi connectivity index (χ0v) is 15.0. The summed E-state index contributed by atoms with van der Waals surface area (Å²) in [4.78, 5) is 32.0. The highest BCUT2D eigenvalue weighted by Crippen LogP contribution is 2.25. The SMILES string of the molecule is CC(C)[C@@H]1CN(C(=O)CCc2cccnc2)C[C@H]1NC(=O)N(C)C. The second-order valence-corrected chi connectivity index (χ2v) is 7.02. The zero-order chi connectivity index (χ0) is 17.7. The van der Waals surface area contributed by atoms with Gasteiger partial charge in [-0.25, -0.2) is 4.79 Å². The molecule has 1 aliphatic rings. The molecule has 0 spiro atoms. The highest BCUT2D eigenvalue weighted by atomic mass is 16.2. The van der Waals surface area contributed by atoms with Gasteiger partial charge in [-0.05, 0) is 24.0 Å². The number of aromatic nitrogens is 1. The van der Waals surface area contributed by atoms with Crippen LogP contribution in [0.3, 0.4) is 0 Å². The molecule has 1 aromatic rings. The number of carbonyl (C=O) groups is 2. The number of hydrogen-bond donors (Lipinski definition) is 1. The summed E-state index contributed by atoms with van der Waals surface area (Å²) in [7, 11) is 3.46. The Hall–Kier alpha value is -2.11. The Kier molecular flexibility index (Phi) is 6.17. The van der Waals surface area contributed by atoms with Gasteiger partial charge in [0, 0.05) is 51.9 Å². The first-order valence-corrected chi connectivity index (χ1v) is 8.53. The number of nitrogens with one attached hydrogen (secondary N) is 1. The lowest BCUT2D eigenvalue weighted by atomic mass is 9.91. The van der Waals surface area contributed by atoms with Crippen LogP contribution in [0.5, 0.6) is 0 Å². The van der Waals surface area contributed by atoms with E-state index in [2.05, 4.69) is 24.1 Å². The Labute approximate surface area is 144 Å². The van der Waals surface area contributed by atoms with E-state index in [-0.39, 0.29) is 23.9 Å². The van der Waals surface area contributed by atoms with Crippen molar-refractivity contribution >= 4 is 11.9 Å². The van der Waals surface area contributed by atoms with Crippen molar-refractivity contribution in [2.24, 2.45) is 11.8 Å². The van der Waals surface area contributed by atoms with E-state index in [1.54, 1.807) is 26.5 Å². The van der Waals surface area contributed by atoms with E-state index in [1.165, 1.54) is 4.90 Å². The lowest BCUT2D eigenvalue weighted by Gasteiger charge is -2.24. The molecule has 2 heterocycles. The topological polar surface area (TPSA) is 65.5 Å². The van der Waals surface area contributed by atoms with Gasteiger partial charge in [-0.1, -0.05) is 19.9 Å². The van der Waals surface area contributed by atoms with Crippen molar-refractivity contribution in [1.29, 1.82) is 0 Å². The van der Waals surface area contributed by atoms with Crippen LogP contribution in [-0.2, 0) is 11.2 Å². The lowest BCUT2D eigenvalue weighted by Crippen LogP contribution is -2.46. The largest absolute Gasteiger partial charge is 0.340 e. The second-order valence-electron chi connectivity index (χ2n) is 7.02. The fourth-order valence-electron chi connectivity index (χ4n) is 3.10. The van der Waals surface area contributed by atoms with E-state index in [4.69, 9.17) is 0 Å². The number of pyridine rings is 1. The Morgan fingerprint density at radius 1 is 1.38 bits per heavy atom. The Bertz CT molecular complexity index is 559. The Morgan fingerprint density at radius 2 is 2.12 bits per heavy atom. The maximum absolute atomic E-state index is 12.5. The summed E-state index contributed by atoms with van der Waals surface area (Å²) in [5.41, 5.74) is 1.07. The Morgan fingerprint density at radius 3 is 2.71 bits per heavy atom. The number of aryl methyl sites for hydroxylation is 1. The number of carbonyl (C=O) groups excluding carboxylic acids is 2. The third-order valence-corrected chi connectivity index (χ3v) is 4.64. The molecule has 6 heteroatoms. The van der Waals surface area contributed by atoms with Gasteiger partial charge in [-0.3, -0.25) is 9.78 Å². The minimum atomic E-state index is -0.102. The summed E-state index contributed by atoms with van der Waals surface area (Å²) in [6.45, 7) is 5.59. The van der Waals surface area contributed by atoms with Crippen molar-refractivity contribution < 1.29 is 9.59 Å². The van der Waals surface area contributed by atoms with Crippen LogP contribution in [0.2, 0.25) is 0 Å². The zero-order valence-electron chi connectivity index (χ0n) is 15.0. The number of nitrogens with zero attached hydrogens (tertiary/aromatic N) is 3. The van der Waals surface area contributed by atoms with E-state index < -0.39 is 0 Å². The smallest absolute Gasteiger partial charge is 0.317 e. The van der Waals surface area contributed by atoms with Crippen molar-refractivity contribution in [2.75, 3.05) is 27.2 Å². The number of amides is 3. The predicted molar refractivity (Wildman–Crippen MR) is 93.5 cm³/mol. The molecule has 0 aliphatic carbocycles. The van der Waals surface area contributed by atoms with E-state index in [9.17, 15) is 9.59 Å². The molecule has 0 saturated carbocycles. The van der Waals surface area contributed by atoms with Gasteiger partial charge in [-0.15, -0.1) is 0 Å². The monoisotopic (exact) mass is 332 g/mol. The molecule has 1 saturated heterocycles. The molecule has 6 nitrogen and oxygen atoms in total. The first kappa shape index (κ1) is 18.2. The summed E-state index contributed by atoms with van der Waals surface area (Å²) in [5.74, 6) is 0.843. The molecule has 1 N–H and O–H groups in total. The number of urea groups is 1. The number of hydrogen-bond acceptors (Lipinski definition) is 3. The highest BCUT2D eigenvalue weighted by Gasteiger charge is 2.37. The fourth-order valence-corrected chi connectivity index (χ4v) is 3.10. The summed E-state index contributed by atoms with van der Waals surface area (Å²) in [6, 6.07) is 3.79. The van der Waals surface area contributed by atoms with Gasteiger partial charge in [0.1, 0.15) is 0 Å². The van der Waals surface area contributed by atoms with E-state index in [1.807, 2.05) is 17.0 Å². The first-order valence-electron chi connectivity index (χ1n) is 8.53. The normalized spacial score (nSPS) is 20.3. The molecule has 1 aromatic heterocycles.